The quantitative estimate of drug-likeness (QED) is 0.457. The average molecular weight is 414 g/mol. The van der Waals surface area contributed by atoms with Crippen molar-refractivity contribution in [1.82, 2.24) is 20.2 Å². The molecule has 0 bridgehead atoms. The van der Waals surface area contributed by atoms with Crippen molar-refractivity contribution < 1.29 is 26.0 Å². The first-order chi connectivity index (χ1) is 13.1. The zero-order valence-corrected chi connectivity index (χ0v) is 15.1. The molecule has 0 amide bonds. The summed E-state index contributed by atoms with van der Waals surface area (Å²) in [6.45, 7) is 0.104. The van der Waals surface area contributed by atoms with Crippen LogP contribution in [0.5, 0.6) is 0 Å². The van der Waals surface area contributed by atoms with E-state index in [1.165, 1.54) is 24.3 Å². The molecular weight excluding hydrogens is 400 g/mol. The predicted molar refractivity (Wildman–Crippen MR) is 91.3 cm³/mol. The van der Waals surface area contributed by atoms with Gasteiger partial charge in [-0.2, -0.15) is 18.0 Å². The molecule has 0 spiro atoms. The highest BCUT2D eigenvalue weighted by molar-refractivity contribution is 7.91. The number of aromatic nitrogens is 4. The SMILES string of the molecule is O=S(=O)(CCCn1nnc(-c2cccc(C(F)(F)F)c2)n1)c1ccc(F)cc1. The molecule has 6 nitrogen and oxygen atoms in total. The number of alkyl halides is 3. The Balaban J connectivity index is 1.65. The number of sulfone groups is 1. The Morgan fingerprint density at radius 1 is 1.04 bits per heavy atom. The van der Waals surface area contributed by atoms with E-state index < -0.39 is 27.4 Å². The molecule has 3 aromatic rings. The van der Waals surface area contributed by atoms with Crippen LogP contribution in [0.1, 0.15) is 12.0 Å². The second-order valence-corrected chi connectivity index (χ2v) is 8.02. The van der Waals surface area contributed by atoms with Crippen molar-refractivity contribution in [3.63, 3.8) is 0 Å². The Morgan fingerprint density at radius 2 is 1.75 bits per heavy atom. The van der Waals surface area contributed by atoms with E-state index in [9.17, 15) is 26.0 Å². The van der Waals surface area contributed by atoms with Crippen LogP contribution in [0.15, 0.2) is 53.4 Å². The highest BCUT2D eigenvalue weighted by atomic mass is 32.2. The predicted octanol–water partition coefficient (Wildman–Crippen LogP) is 3.36. The van der Waals surface area contributed by atoms with E-state index in [0.29, 0.717) is 0 Å². The third-order valence-corrected chi connectivity index (χ3v) is 5.66. The van der Waals surface area contributed by atoms with Gasteiger partial charge < -0.3 is 0 Å². The third kappa shape index (κ3) is 4.71. The monoisotopic (exact) mass is 414 g/mol. The zero-order chi connectivity index (χ0) is 20.4. The fourth-order valence-electron chi connectivity index (χ4n) is 2.44. The molecule has 11 heteroatoms. The minimum atomic E-state index is -4.49. The van der Waals surface area contributed by atoms with E-state index >= 15 is 0 Å². The van der Waals surface area contributed by atoms with Crippen LogP contribution < -0.4 is 0 Å². The second-order valence-electron chi connectivity index (χ2n) is 5.91. The number of halogens is 4. The summed E-state index contributed by atoms with van der Waals surface area (Å²) in [6.07, 6.45) is -4.33. The Labute approximate surface area is 157 Å². The van der Waals surface area contributed by atoms with Gasteiger partial charge in [-0.3, -0.25) is 0 Å². The minimum absolute atomic E-state index is 0.00473. The van der Waals surface area contributed by atoms with Crippen molar-refractivity contribution in [1.29, 1.82) is 0 Å². The maximum absolute atomic E-state index is 12.9. The van der Waals surface area contributed by atoms with Gasteiger partial charge in [0.15, 0.2) is 9.84 Å². The molecule has 0 atom stereocenters. The summed E-state index contributed by atoms with van der Waals surface area (Å²) in [4.78, 5) is 1.13. The van der Waals surface area contributed by atoms with E-state index in [1.807, 2.05) is 0 Å². The van der Waals surface area contributed by atoms with Crippen LogP contribution in [0, 0.1) is 5.82 Å². The van der Waals surface area contributed by atoms with Crippen LogP contribution in [0.4, 0.5) is 17.6 Å². The number of hydrogen-bond donors (Lipinski definition) is 0. The lowest BCUT2D eigenvalue weighted by molar-refractivity contribution is -0.137. The van der Waals surface area contributed by atoms with Crippen molar-refractivity contribution >= 4 is 9.84 Å². The molecule has 0 unspecified atom stereocenters. The Hall–Kier alpha value is -2.82. The van der Waals surface area contributed by atoms with Crippen molar-refractivity contribution in [2.45, 2.75) is 24.0 Å². The number of rotatable bonds is 6. The molecule has 0 aliphatic carbocycles. The standard InChI is InChI=1S/C17H14F4N4O2S/c18-14-5-7-15(8-6-14)28(26,27)10-2-9-25-23-16(22-24-25)12-3-1-4-13(11-12)17(19,20)21/h1,3-8,11H,2,9-10H2. The second kappa shape index (κ2) is 7.66. The van der Waals surface area contributed by atoms with Crippen LogP contribution >= 0.6 is 0 Å². The molecule has 1 heterocycles. The van der Waals surface area contributed by atoms with Gasteiger partial charge in [-0.05, 0) is 48.0 Å². The fourth-order valence-corrected chi connectivity index (χ4v) is 3.74. The van der Waals surface area contributed by atoms with Gasteiger partial charge in [0.05, 0.1) is 22.8 Å². The summed E-state index contributed by atoms with van der Waals surface area (Å²) in [5.41, 5.74) is -0.674. The van der Waals surface area contributed by atoms with Gasteiger partial charge in [-0.15, -0.1) is 10.2 Å². The number of aryl methyl sites for hydroxylation is 1. The molecule has 2 aromatic carbocycles. The van der Waals surface area contributed by atoms with Crippen LogP contribution in [0.2, 0.25) is 0 Å². The lowest BCUT2D eigenvalue weighted by Gasteiger charge is -2.06. The summed E-state index contributed by atoms with van der Waals surface area (Å²) < 4.78 is 75.7. The molecule has 148 valence electrons. The molecule has 0 radical (unpaired) electrons. The lowest BCUT2D eigenvalue weighted by atomic mass is 10.1. The zero-order valence-electron chi connectivity index (χ0n) is 14.3. The molecule has 1 aromatic heterocycles. The maximum atomic E-state index is 12.9. The molecule has 0 saturated heterocycles. The topological polar surface area (TPSA) is 77.7 Å². The van der Waals surface area contributed by atoms with Crippen LogP contribution in [0.3, 0.4) is 0 Å². The normalized spacial score (nSPS) is 12.3. The molecule has 0 saturated carbocycles. The first-order valence-corrected chi connectivity index (χ1v) is 9.74. The average Bonchev–Trinajstić information content (AvgIpc) is 3.10. The van der Waals surface area contributed by atoms with Gasteiger partial charge in [0.1, 0.15) is 5.82 Å². The van der Waals surface area contributed by atoms with Gasteiger partial charge in [0.2, 0.25) is 5.82 Å². The Bertz CT molecular complexity index is 1060. The molecule has 0 fully saturated rings. The number of benzene rings is 2. The first kappa shape index (κ1) is 19.9. The Morgan fingerprint density at radius 3 is 2.43 bits per heavy atom. The van der Waals surface area contributed by atoms with Crippen LogP contribution in [-0.4, -0.2) is 34.4 Å². The molecule has 3 rings (SSSR count). The van der Waals surface area contributed by atoms with Gasteiger partial charge in [0.25, 0.3) is 0 Å². The molecule has 0 N–H and O–H groups in total. The lowest BCUT2D eigenvalue weighted by Crippen LogP contribution is -2.11. The minimum Gasteiger partial charge on any atom is -0.224 e. The number of tetrazole rings is 1. The first-order valence-electron chi connectivity index (χ1n) is 8.09. The van der Waals surface area contributed by atoms with E-state index in [0.717, 1.165) is 29.1 Å². The van der Waals surface area contributed by atoms with Gasteiger partial charge in [-0.25, -0.2) is 12.8 Å². The highest BCUT2D eigenvalue weighted by Gasteiger charge is 2.30. The number of nitrogens with zero attached hydrogens (tertiary/aromatic N) is 4. The third-order valence-electron chi connectivity index (χ3n) is 3.84. The van der Waals surface area contributed by atoms with E-state index in [-0.39, 0.29) is 35.0 Å². The van der Waals surface area contributed by atoms with Crippen LogP contribution in [-0.2, 0) is 22.6 Å². The molecule has 28 heavy (non-hydrogen) atoms. The van der Waals surface area contributed by atoms with E-state index in [2.05, 4.69) is 15.4 Å². The van der Waals surface area contributed by atoms with Crippen molar-refractivity contribution in [3.05, 3.63) is 59.9 Å². The van der Waals surface area contributed by atoms with E-state index in [4.69, 9.17) is 0 Å². The maximum Gasteiger partial charge on any atom is 0.416 e. The Kier molecular flexibility index (Phi) is 5.45. The largest absolute Gasteiger partial charge is 0.416 e. The molecule has 0 aliphatic heterocycles. The van der Waals surface area contributed by atoms with Crippen LogP contribution in [0.25, 0.3) is 11.4 Å². The summed E-state index contributed by atoms with van der Waals surface area (Å²) in [5, 5.41) is 11.4. The van der Waals surface area contributed by atoms with Crippen molar-refractivity contribution in [3.8, 4) is 11.4 Å². The van der Waals surface area contributed by atoms with Gasteiger partial charge >= 0.3 is 6.18 Å². The highest BCUT2D eigenvalue weighted by Crippen LogP contribution is 2.31. The van der Waals surface area contributed by atoms with Crippen molar-refractivity contribution in [2.75, 3.05) is 5.75 Å². The summed E-state index contributed by atoms with van der Waals surface area (Å²) >= 11 is 0. The molecular formula is C17H14F4N4O2S. The summed E-state index contributed by atoms with van der Waals surface area (Å²) in [7, 11) is -3.60. The fraction of sp³-hybridized carbons (Fsp3) is 0.235. The number of hydrogen-bond acceptors (Lipinski definition) is 5. The van der Waals surface area contributed by atoms with Gasteiger partial charge in [0, 0.05) is 5.56 Å². The smallest absolute Gasteiger partial charge is 0.224 e. The summed E-state index contributed by atoms with van der Waals surface area (Å²) in [6, 6.07) is 9.02. The van der Waals surface area contributed by atoms with E-state index in [1.54, 1.807) is 0 Å². The summed E-state index contributed by atoms with van der Waals surface area (Å²) in [5.74, 6) is -0.751. The van der Waals surface area contributed by atoms with Crippen molar-refractivity contribution in [2.24, 2.45) is 0 Å². The molecule has 0 aliphatic rings. The van der Waals surface area contributed by atoms with Gasteiger partial charge in [-0.1, -0.05) is 12.1 Å².